The number of ether oxygens (including phenoxy) is 1. The molecule has 0 saturated heterocycles. The number of aliphatic imine (C=N–C) groups is 1. The normalized spacial score (nSPS) is 12.7. The number of hydrogen-bond acceptors (Lipinski definition) is 7. The van der Waals surface area contributed by atoms with Gasteiger partial charge in [0.15, 0.2) is 0 Å². The van der Waals surface area contributed by atoms with E-state index in [4.69, 9.17) is 10.5 Å². The van der Waals surface area contributed by atoms with Crippen LogP contribution in [0.5, 0.6) is 11.8 Å². The lowest BCUT2D eigenvalue weighted by Gasteiger charge is -2.15. The molecule has 0 fully saturated rings. The van der Waals surface area contributed by atoms with E-state index in [1.165, 1.54) is 0 Å². The number of aromatic amines is 1. The third-order valence-corrected chi connectivity index (χ3v) is 6.24. The van der Waals surface area contributed by atoms with E-state index in [2.05, 4.69) is 53.5 Å². The second kappa shape index (κ2) is 8.38. The van der Waals surface area contributed by atoms with E-state index in [0.29, 0.717) is 24.3 Å². The summed E-state index contributed by atoms with van der Waals surface area (Å²) in [6.07, 6.45) is 3.39. The molecule has 9 nitrogen and oxygen atoms in total. The number of imidazole rings is 1. The summed E-state index contributed by atoms with van der Waals surface area (Å²) in [6.45, 7) is 6.14. The number of aryl methyl sites for hydroxylation is 1. The Labute approximate surface area is 207 Å². The molecule has 178 valence electrons. The summed E-state index contributed by atoms with van der Waals surface area (Å²) in [6, 6.07) is 16.1. The maximum atomic E-state index is 6.43. The first-order chi connectivity index (χ1) is 17.5. The fourth-order valence-electron chi connectivity index (χ4n) is 4.58. The minimum Gasteiger partial charge on any atom is -0.424 e. The van der Waals surface area contributed by atoms with Crippen molar-refractivity contribution in [2.45, 2.75) is 6.92 Å². The van der Waals surface area contributed by atoms with Crippen LogP contribution >= 0.6 is 0 Å². The number of nitrogens with zero attached hydrogens (tertiary/aromatic N) is 5. The standard InChI is InChI=1S/C27H24N8O/c1-4-21-33-19-10-7-17(13-20(19)34-21)24-22(23-25(28)30-14-31-26(23)35(24)3)16-5-8-18(9-6-16)36-27-29-12-11-15(2)32-27/h4-13,31H,1,14H2,2-3H3,(H2,28,30)(H,33,34). The highest BCUT2D eigenvalue weighted by Gasteiger charge is 2.27. The van der Waals surface area contributed by atoms with Gasteiger partial charge in [0, 0.05) is 30.1 Å². The van der Waals surface area contributed by atoms with Crippen molar-refractivity contribution in [3.05, 3.63) is 78.4 Å². The fraction of sp³-hybridized carbons (Fsp3) is 0.111. The van der Waals surface area contributed by atoms with Gasteiger partial charge in [-0.3, -0.25) is 0 Å². The third kappa shape index (κ3) is 3.58. The average molecular weight is 477 g/mol. The van der Waals surface area contributed by atoms with Gasteiger partial charge < -0.3 is 25.3 Å². The lowest BCUT2D eigenvalue weighted by molar-refractivity contribution is 0.440. The van der Waals surface area contributed by atoms with Crippen molar-refractivity contribution in [3.63, 3.8) is 0 Å². The zero-order valence-electron chi connectivity index (χ0n) is 19.9. The van der Waals surface area contributed by atoms with Gasteiger partial charge in [-0.2, -0.15) is 0 Å². The first-order valence-electron chi connectivity index (χ1n) is 11.5. The number of aromatic nitrogens is 5. The second-order valence-electron chi connectivity index (χ2n) is 8.55. The molecule has 1 aliphatic heterocycles. The van der Waals surface area contributed by atoms with Crippen LogP contribution in [-0.4, -0.2) is 37.0 Å². The Morgan fingerprint density at radius 2 is 1.86 bits per heavy atom. The molecule has 9 heteroatoms. The van der Waals surface area contributed by atoms with Gasteiger partial charge in [-0.15, -0.1) is 0 Å². The Balaban J connectivity index is 1.48. The minimum absolute atomic E-state index is 0.313. The van der Waals surface area contributed by atoms with Crippen LogP contribution in [0.3, 0.4) is 0 Å². The van der Waals surface area contributed by atoms with Gasteiger partial charge in [0.05, 0.1) is 22.3 Å². The molecule has 0 aliphatic carbocycles. The number of anilines is 1. The number of rotatable bonds is 5. The van der Waals surface area contributed by atoms with Crippen LogP contribution in [0.25, 0.3) is 39.5 Å². The summed E-state index contributed by atoms with van der Waals surface area (Å²) >= 11 is 0. The first kappa shape index (κ1) is 21.6. The number of benzene rings is 2. The van der Waals surface area contributed by atoms with E-state index in [-0.39, 0.29) is 0 Å². The smallest absolute Gasteiger partial charge is 0.322 e. The fourth-order valence-corrected chi connectivity index (χ4v) is 4.58. The van der Waals surface area contributed by atoms with Gasteiger partial charge in [0.2, 0.25) is 0 Å². The summed E-state index contributed by atoms with van der Waals surface area (Å²) in [5.41, 5.74) is 14.0. The summed E-state index contributed by atoms with van der Waals surface area (Å²) in [7, 11) is 2.03. The minimum atomic E-state index is 0.313. The number of nitrogens with two attached hydrogens (primary N) is 1. The van der Waals surface area contributed by atoms with Gasteiger partial charge in [0.25, 0.3) is 0 Å². The Hall–Kier alpha value is -4.92. The zero-order chi connectivity index (χ0) is 24.8. The summed E-state index contributed by atoms with van der Waals surface area (Å²) in [4.78, 5) is 20.8. The molecular weight excluding hydrogens is 452 g/mol. The van der Waals surface area contributed by atoms with Crippen LogP contribution in [0.15, 0.2) is 66.3 Å². The lowest BCUT2D eigenvalue weighted by Crippen LogP contribution is -2.23. The lowest BCUT2D eigenvalue weighted by atomic mass is 9.96. The first-order valence-corrected chi connectivity index (χ1v) is 11.5. The van der Waals surface area contributed by atoms with Crippen LogP contribution in [0.2, 0.25) is 0 Å². The third-order valence-electron chi connectivity index (χ3n) is 6.24. The van der Waals surface area contributed by atoms with E-state index in [1.807, 2.05) is 50.4 Å². The number of amidine groups is 1. The Bertz CT molecular complexity index is 1660. The summed E-state index contributed by atoms with van der Waals surface area (Å²) in [5, 5.41) is 3.38. The highest BCUT2D eigenvalue weighted by molar-refractivity contribution is 6.12. The van der Waals surface area contributed by atoms with E-state index >= 15 is 0 Å². The van der Waals surface area contributed by atoms with Crippen molar-refractivity contribution in [1.82, 2.24) is 24.5 Å². The number of H-pyrrole nitrogens is 1. The van der Waals surface area contributed by atoms with Crippen molar-refractivity contribution >= 4 is 28.8 Å². The van der Waals surface area contributed by atoms with Crippen LogP contribution in [0, 0.1) is 6.92 Å². The highest BCUT2D eigenvalue weighted by atomic mass is 16.5. The topological polar surface area (TPSA) is 119 Å². The van der Waals surface area contributed by atoms with Gasteiger partial charge in [-0.25, -0.2) is 19.9 Å². The maximum absolute atomic E-state index is 6.43. The molecular formula is C27H24N8O. The number of hydrogen-bond donors (Lipinski definition) is 3. The molecule has 2 aromatic carbocycles. The van der Waals surface area contributed by atoms with Crippen molar-refractivity contribution in [2.75, 3.05) is 12.0 Å². The predicted octanol–water partition coefficient (Wildman–Crippen LogP) is 4.86. The number of nitrogens with one attached hydrogen (secondary N) is 2. The van der Waals surface area contributed by atoms with Crippen molar-refractivity contribution in [1.29, 1.82) is 0 Å². The summed E-state index contributed by atoms with van der Waals surface area (Å²) < 4.78 is 7.99. The molecule has 1 aliphatic rings. The van der Waals surface area contributed by atoms with Crippen LogP contribution < -0.4 is 15.8 Å². The molecule has 0 bridgehead atoms. The molecule has 6 rings (SSSR count). The molecule has 4 heterocycles. The molecule has 0 atom stereocenters. The highest BCUT2D eigenvalue weighted by Crippen LogP contribution is 2.43. The van der Waals surface area contributed by atoms with Crippen molar-refractivity contribution in [3.8, 4) is 34.1 Å². The SMILES string of the molecule is C=Cc1nc2ccc(-c3c(-c4ccc(Oc5nccc(C)n5)cc4)c4c(n3C)NCN=C4N)cc2[nH]1. The molecule has 4 N–H and O–H groups in total. The summed E-state index contributed by atoms with van der Waals surface area (Å²) in [5.74, 6) is 2.81. The molecule has 0 radical (unpaired) electrons. The Morgan fingerprint density at radius 1 is 1.06 bits per heavy atom. The molecule has 0 spiro atoms. The molecule has 0 saturated carbocycles. The Kier molecular flexibility index (Phi) is 5.03. The van der Waals surface area contributed by atoms with Gasteiger partial charge >= 0.3 is 6.01 Å². The monoisotopic (exact) mass is 476 g/mol. The van der Waals surface area contributed by atoms with Gasteiger partial charge in [-0.1, -0.05) is 24.8 Å². The van der Waals surface area contributed by atoms with Crippen LogP contribution in [0.4, 0.5) is 5.82 Å². The second-order valence-corrected chi connectivity index (χ2v) is 8.55. The van der Waals surface area contributed by atoms with Crippen molar-refractivity contribution in [2.24, 2.45) is 17.8 Å². The van der Waals surface area contributed by atoms with Crippen molar-refractivity contribution < 1.29 is 4.74 Å². The molecule has 0 unspecified atom stereocenters. The van der Waals surface area contributed by atoms with Gasteiger partial charge in [-0.05, 0) is 48.9 Å². The van der Waals surface area contributed by atoms with E-state index < -0.39 is 0 Å². The van der Waals surface area contributed by atoms with E-state index in [9.17, 15) is 0 Å². The maximum Gasteiger partial charge on any atom is 0.322 e. The Morgan fingerprint density at radius 3 is 2.64 bits per heavy atom. The van der Waals surface area contributed by atoms with E-state index in [1.54, 1.807) is 12.3 Å². The van der Waals surface area contributed by atoms with Crippen LogP contribution in [0.1, 0.15) is 17.1 Å². The van der Waals surface area contributed by atoms with Crippen LogP contribution in [-0.2, 0) is 7.05 Å². The quantitative estimate of drug-likeness (QED) is 0.333. The number of fused-ring (bicyclic) bond motifs is 2. The molecule has 36 heavy (non-hydrogen) atoms. The predicted molar refractivity (Wildman–Crippen MR) is 142 cm³/mol. The van der Waals surface area contributed by atoms with Gasteiger partial charge in [0.1, 0.15) is 29.9 Å². The largest absolute Gasteiger partial charge is 0.424 e. The van der Waals surface area contributed by atoms with E-state index in [0.717, 1.165) is 56.3 Å². The molecule has 0 amide bonds. The molecule has 5 aromatic rings. The zero-order valence-corrected chi connectivity index (χ0v) is 19.9. The average Bonchev–Trinajstić information content (AvgIpc) is 3.43. The molecule has 3 aromatic heterocycles.